The van der Waals surface area contributed by atoms with Gasteiger partial charge in [0.15, 0.2) is 11.5 Å². The van der Waals surface area contributed by atoms with Gasteiger partial charge in [-0.3, -0.25) is 0 Å². The number of hydrogen-bond donors (Lipinski definition) is 0. The summed E-state index contributed by atoms with van der Waals surface area (Å²) in [6.45, 7) is 6.27. The lowest BCUT2D eigenvalue weighted by atomic mass is 9.77. The molecule has 19 heavy (non-hydrogen) atoms. The molecule has 0 saturated carbocycles. The smallest absolute Gasteiger partial charge is 0.231 e. The number of fused-ring (bicyclic) bond motifs is 1. The molecular weight excluding hydrogens is 308 g/mol. The molecule has 1 aromatic rings. The fourth-order valence-corrected chi connectivity index (χ4v) is 2.78. The van der Waals surface area contributed by atoms with Crippen LogP contribution in [0.5, 0.6) is 11.5 Å². The Hall–Kier alpha value is -1.29. The highest BCUT2D eigenvalue weighted by atomic mass is 79.9. The number of rotatable bonds is 6. The molecule has 0 spiro atoms. The molecule has 0 N–H and O–H groups in total. The molecule has 1 unspecified atom stereocenters. The maximum atomic E-state index is 11.7. The lowest BCUT2D eigenvalue weighted by Crippen LogP contribution is -2.28. The monoisotopic (exact) mass is 324 g/mol. The van der Waals surface area contributed by atoms with E-state index in [-0.39, 0.29) is 6.79 Å². The fourth-order valence-electron chi connectivity index (χ4n) is 2.26. The minimum atomic E-state index is -0.697. The van der Waals surface area contributed by atoms with Gasteiger partial charge in [0.05, 0.1) is 5.41 Å². The second-order valence-corrected chi connectivity index (χ2v) is 5.62. The van der Waals surface area contributed by atoms with Gasteiger partial charge in [0.25, 0.3) is 0 Å². The van der Waals surface area contributed by atoms with Crippen molar-refractivity contribution in [3.05, 3.63) is 34.8 Å². The predicted octanol–water partition coefficient (Wildman–Crippen LogP) is 3.95. The van der Waals surface area contributed by atoms with E-state index in [1.807, 2.05) is 18.2 Å². The second kappa shape index (κ2) is 5.78. The van der Waals surface area contributed by atoms with Crippen LogP contribution < -0.4 is 9.47 Å². The van der Waals surface area contributed by atoms with Crippen molar-refractivity contribution in [3.63, 3.8) is 0 Å². The van der Waals surface area contributed by atoms with Gasteiger partial charge >= 0.3 is 0 Å². The summed E-state index contributed by atoms with van der Waals surface area (Å²) in [5.74, 6) is 1.41. The maximum absolute atomic E-state index is 11.7. The summed E-state index contributed by atoms with van der Waals surface area (Å²) in [4.78, 5) is 11.7. The molecule has 1 heterocycles. The van der Waals surface area contributed by atoms with E-state index >= 15 is 0 Å². The van der Waals surface area contributed by atoms with Crippen LogP contribution in [0.25, 0.3) is 0 Å². The van der Waals surface area contributed by atoms with Gasteiger partial charge in [-0.25, -0.2) is 0 Å². The Bertz CT molecular complexity index is 498. The summed E-state index contributed by atoms with van der Waals surface area (Å²) >= 11 is 3.41. The van der Waals surface area contributed by atoms with Crippen LogP contribution in [-0.2, 0) is 10.2 Å². The van der Waals surface area contributed by atoms with E-state index in [0.29, 0.717) is 10.2 Å². The van der Waals surface area contributed by atoms with Crippen LogP contribution >= 0.6 is 15.9 Å². The van der Waals surface area contributed by atoms with Gasteiger partial charge in [0, 0.05) is 4.48 Å². The Morgan fingerprint density at radius 1 is 1.47 bits per heavy atom. The van der Waals surface area contributed by atoms with E-state index in [2.05, 4.69) is 29.4 Å². The zero-order chi connectivity index (χ0) is 13.9. The van der Waals surface area contributed by atoms with Crippen LogP contribution in [0.1, 0.15) is 31.7 Å². The number of halogens is 1. The molecule has 0 aromatic heterocycles. The number of aldehydes is 1. The summed E-state index contributed by atoms with van der Waals surface area (Å²) in [6, 6.07) is 5.63. The molecule has 0 saturated heterocycles. The molecule has 2 rings (SSSR count). The first-order valence-corrected chi connectivity index (χ1v) is 7.14. The van der Waals surface area contributed by atoms with Crippen LogP contribution in [0.3, 0.4) is 0 Å². The van der Waals surface area contributed by atoms with E-state index in [4.69, 9.17) is 9.47 Å². The van der Waals surface area contributed by atoms with Crippen LogP contribution in [0.15, 0.2) is 29.3 Å². The summed E-state index contributed by atoms with van der Waals surface area (Å²) < 4.78 is 11.4. The number of benzene rings is 1. The number of ether oxygens (including phenoxy) is 2. The van der Waals surface area contributed by atoms with Crippen LogP contribution in [0, 0.1) is 0 Å². The molecule has 102 valence electrons. The molecule has 0 amide bonds. The zero-order valence-corrected chi connectivity index (χ0v) is 12.5. The number of carbonyl (C=O) groups excluding carboxylic acids is 1. The molecule has 0 fully saturated rings. The van der Waals surface area contributed by atoms with Crippen molar-refractivity contribution in [2.45, 2.75) is 31.6 Å². The average molecular weight is 325 g/mol. The van der Waals surface area contributed by atoms with Gasteiger partial charge in [0.2, 0.25) is 6.79 Å². The topological polar surface area (TPSA) is 35.5 Å². The predicted molar refractivity (Wildman–Crippen MR) is 77.9 cm³/mol. The molecule has 1 aromatic carbocycles. The average Bonchev–Trinajstić information content (AvgIpc) is 2.87. The van der Waals surface area contributed by atoms with Crippen molar-refractivity contribution in [1.82, 2.24) is 0 Å². The van der Waals surface area contributed by atoms with Crippen molar-refractivity contribution < 1.29 is 14.3 Å². The Kier molecular flexibility index (Phi) is 4.30. The number of unbranched alkanes of at least 4 members (excludes halogenated alkanes) is 1. The Morgan fingerprint density at radius 2 is 2.21 bits per heavy atom. The number of allylic oxidation sites excluding steroid dienone is 1. The molecule has 0 radical (unpaired) electrons. The van der Waals surface area contributed by atoms with E-state index < -0.39 is 5.41 Å². The third-order valence-electron chi connectivity index (χ3n) is 3.50. The van der Waals surface area contributed by atoms with E-state index in [0.717, 1.165) is 36.9 Å². The maximum Gasteiger partial charge on any atom is 0.231 e. The molecular formula is C15H17BrO3. The fraction of sp³-hybridized carbons (Fsp3) is 0.400. The first-order valence-electron chi connectivity index (χ1n) is 6.35. The lowest BCUT2D eigenvalue weighted by molar-refractivity contribution is -0.111. The largest absolute Gasteiger partial charge is 0.454 e. The van der Waals surface area contributed by atoms with Crippen molar-refractivity contribution in [1.29, 1.82) is 0 Å². The molecule has 1 atom stereocenters. The van der Waals surface area contributed by atoms with Crippen molar-refractivity contribution >= 4 is 22.2 Å². The summed E-state index contributed by atoms with van der Waals surface area (Å²) in [5, 5.41) is 0. The molecule has 0 aliphatic carbocycles. The highest BCUT2D eigenvalue weighted by Gasteiger charge is 2.34. The normalized spacial score (nSPS) is 15.9. The first kappa shape index (κ1) is 14.1. The number of carbonyl (C=O) groups is 1. The Morgan fingerprint density at radius 3 is 2.84 bits per heavy atom. The van der Waals surface area contributed by atoms with Crippen molar-refractivity contribution in [2.24, 2.45) is 0 Å². The second-order valence-electron chi connectivity index (χ2n) is 4.67. The minimum Gasteiger partial charge on any atom is -0.454 e. The van der Waals surface area contributed by atoms with Gasteiger partial charge in [-0.1, -0.05) is 48.3 Å². The molecule has 4 heteroatoms. The van der Waals surface area contributed by atoms with Crippen LogP contribution in [-0.4, -0.2) is 13.1 Å². The Balaban J connectivity index is 2.42. The highest BCUT2D eigenvalue weighted by Crippen LogP contribution is 2.42. The highest BCUT2D eigenvalue weighted by molar-refractivity contribution is 9.11. The van der Waals surface area contributed by atoms with E-state index in [1.165, 1.54) is 0 Å². The molecule has 0 bridgehead atoms. The third-order valence-corrected chi connectivity index (χ3v) is 4.21. The number of hydrogen-bond acceptors (Lipinski definition) is 3. The summed E-state index contributed by atoms with van der Waals surface area (Å²) in [7, 11) is 0. The lowest BCUT2D eigenvalue weighted by Gasteiger charge is -2.28. The van der Waals surface area contributed by atoms with Gasteiger partial charge in [0.1, 0.15) is 6.29 Å². The van der Waals surface area contributed by atoms with Crippen molar-refractivity contribution in [3.8, 4) is 11.5 Å². The summed E-state index contributed by atoms with van der Waals surface area (Å²) in [6.07, 6.45) is 3.69. The zero-order valence-electron chi connectivity index (χ0n) is 10.9. The van der Waals surface area contributed by atoms with Gasteiger partial charge < -0.3 is 14.3 Å². The third kappa shape index (κ3) is 2.54. The summed E-state index contributed by atoms with van der Waals surface area (Å²) in [5.41, 5.74) is 0.193. The van der Waals surface area contributed by atoms with Crippen LogP contribution in [0.2, 0.25) is 0 Å². The standard InChI is InChI=1S/C15H17BrO3/c1-3-4-7-15(9-17,11(2)16)12-5-6-13-14(8-12)19-10-18-13/h5-6,8-9H,2-4,7,10H2,1H3. The molecule has 1 aliphatic rings. The quantitative estimate of drug-likeness (QED) is 0.743. The molecule has 1 aliphatic heterocycles. The van der Waals surface area contributed by atoms with E-state index in [1.54, 1.807) is 0 Å². The first-order chi connectivity index (χ1) is 9.14. The van der Waals surface area contributed by atoms with Crippen molar-refractivity contribution in [2.75, 3.05) is 6.79 Å². The molecule has 3 nitrogen and oxygen atoms in total. The van der Waals surface area contributed by atoms with E-state index in [9.17, 15) is 4.79 Å². The van der Waals surface area contributed by atoms with Gasteiger partial charge in [-0.05, 0) is 24.1 Å². The SMILES string of the molecule is C=C(Br)C(C=O)(CCCC)c1ccc2c(c1)OCO2. The van der Waals surface area contributed by atoms with Gasteiger partial charge in [-0.2, -0.15) is 0 Å². The Labute approximate surface area is 121 Å². The van der Waals surface area contributed by atoms with Crippen LogP contribution in [0.4, 0.5) is 0 Å². The minimum absolute atomic E-state index is 0.233. The van der Waals surface area contributed by atoms with Gasteiger partial charge in [-0.15, -0.1) is 0 Å².